The number of hydrogen-bond donors (Lipinski definition) is 1. The van der Waals surface area contributed by atoms with Gasteiger partial charge in [0.1, 0.15) is 5.75 Å². The predicted molar refractivity (Wildman–Crippen MR) is 81.2 cm³/mol. The molecule has 0 aliphatic carbocycles. The number of hydrogen-bond acceptors (Lipinski definition) is 3. The van der Waals surface area contributed by atoms with E-state index < -0.39 is 5.97 Å². The zero-order valence-electron chi connectivity index (χ0n) is 12.6. The highest BCUT2D eigenvalue weighted by atomic mass is 16.5. The van der Waals surface area contributed by atoms with Crippen LogP contribution in [0.3, 0.4) is 0 Å². The molecule has 5 heteroatoms. The Morgan fingerprint density at radius 1 is 1.32 bits per heavy atom. The van der Waals surface area contributed by atoms with Crippen LogP contribution in [-0.4, -0.2) is 41.1 Å². The number of carboxylic acid groups (broad SMARTS) is 1. The largest absolute Gasteiger partial charge is 0.493 e. The number of rotatable bonds is 4. The minimum Gasteiger partial charge on any atom is -0.493 e. The Kier molecular flexibility index (Phi) is 4.32. The maximum atomic E-state index is 12.8. The second-order valence-electron chi connectivity index (χ2n) is 6.00. The first kappa shape index (κ1) is 14.9. The van der Waals surface area contributed by atoms with Gasteiger partial charge in [-0.3, -0.25) is 9.59 Å². The smallest absolute Gasteiger partial charge is 0.303 e. The molecule has 1 aromatic carbocycles. The fourth-order valence-electron chi connectivity index (χ4n) is 3.34. The lowest BCUT2D eigenvalue weighted by Gasteiger charge is -2.35. The number of carbonyl (C=O) groups is 2. The molecule has 0 unspecified atom stereocenters. The fraction of sp³-hybridized carbons (Fsp3) is 0.529. The maximum absolute atomic E-state index is 12.8. The monoisotopic (exact) mass is 303 g/mol. The third kappa shape index (κ3) is 3.08. The molecule has 1 fully saturated rings. The van der Waals surface area contributed by atoms with Crippen molar-refractivity contribution in [3.63, 3.8) is 0 Å². The quantitative estimate of drug-likeness (QED) is 0.928. The van der Waals surface area contributed by atoms with Crippen LogP contribution in [0.1, 0.15) is 48.0 Å². The van der Waals surface area contributed by atoms with Gasteiger partial charge >= 0.3 is 5.97 Å². The number of ether oxygens (including phenoxy) is 1. The van der Waals surface area contributed by atoms with Crippen molar-refractivity contribution in [1.82, 2.24) is 4.90 Å². The average Bonchev–Trinajstić information content (AvgIpc) is 3.00. The third-order valence-electron chi connectivity index (χ3n) is 4.52. The number of likely N-dealkylation sites (tertiary alicyclic amines) is 1. The molecular weight excluding hydrogens is 282 g/mol. The minimum absolute atomic E-state index is 0.0183. The first-order valence-corrected chi connectivity index (χ1v) is 7.93. The van der Waals surface area contributed by atoms with Gasteiger partial charge in [0.15, 0.2) is 0 Å². The Balaban J connectivity index is 1.75. The highest BCUT2D eigenvalue weighted by molar-refractivity contribution is 5.95. The van der Waals surface area contributed by atoms with Crippen molar-refractivity contribution in [3.05, 3.63) is 29.3 Å². The van der Waals surface area contributed by atoms with Gasteiger partial charge in [-0.25, -0.2) is 0 Å². The van der Waals surface area contributed by atoms with E-state index >= 15 is 0 Å². The number of aliphatic carboxylic acids is 1. The molecule has 5 nitrogen and oxygen atoms in total. The van der Waals surface area contributed by atoms with Gasteiger partial charge in [0.05, 0.1) is 6.61 Å². The summed E-state index contributed by atoms with van der Waals surface area (Å²) in [6, 6.07) is 5.65. The Morgan fingerprint density at radius 3 is 3.00 bits per heavy atom. The van der Waals surface area contributed by atoms with E-state index in [1.54, 1.807) is 0 Å². The highest BCUT2D eigenvalue weighted by Crippen LogP contribution is 2.28. The van der Waals surface area contributed by atoms with E-state index in [1.807, 2.05) is 23.1 Å². The first-order chi connectivity index (χ1) is 10.6. The molecule has 0 saturated carbocycles. The van der Waals surface area contributed by atoms with Crippen molar-refractivity contribution in [2.24, 2.45) is 0 Å². The molecule has 0 radical (unpaired) electrons. The summed E-state index contributed by atoms with van der Waals surface area (Å²) in [5.74, 6) is 0.0927. The number of fused-ring (bicyclic) bond motifs is 1. The van der Waals surface area contributed by atoms with Gasteiger partial charge in [-0.2, -0.15) is 0 Å². The topological polar surface area (TPSA) is 66.8 Å². The lowest BCUT2D eigenvalue weighted by atomic mass is 9.96. The minimum atomic E-state index is -0.798. The molecule has 2 aliphatic heterocycles. The lowest BCUT2D eigenvalue weighted by Crippen LogP contribution is -2.44. The summed E-state index contributed by atoms with van der Waals surface area (Å²) >= 11 is 0. The van der Waals surface area contributed by atoms with E-state index in [2.05, 4.69) is 0 Å². The summed E-state index contributed by atoms with van der Waals surface area (Å²) in [6.07, 6.45) is 4.45. The summed E-state index contributed by atoms with van der Waals surface area (Å²) in [5.41, 5.74) is 1.77. The summed E-state index contributed by atoms with van der Waals surface area (Å²) in [7, 11) is 0. The van der Waals surface area contributed by atoms with Crippen LogP contribution in [0.5, 0.6) is 5.75 Å². The number of benzene rings is 1. The van der Waals surface area contributed by atoms with Crippen molar-refractivity contribution in [2.75, 3.05) is 13.2 Å². The van der Waals surface area contributed by atoms with Crippen molar-refractivity contribution in [2.45, 2.75) is 44.6 Å². The van der Waals surface area contributed by atoms with Gasteiger partial charge in [0, 0.05) is 31.0 Å². The summed E-state index contributed by atoms with van der Waals surface area (Å²) in [5, 5.41) is 8.87. The van der Waals surface area contributed by atoms with E-state index in [0.717, 1.165) is 43.5 Å². The number of carbonyl (C=O) groups excluding carboxylic acids is 1. The molecule has 118 valence electrons. The maximum Gasteiger partial charge on any atom is 0.303 e. The van der Waals surface area contributed by atoms with Crippen LogP contribution in [0.2, 0.25) is 0 Å². The Hall–Kier alpha value is -2.04. The zero-order chi connectivity index (χ0) is 15.5. The van der Waals surface area contributed by atoms with Crippen LogP contribution in [0, 0.1) is 0 Å². The number of nitrogens with zero attached hydrogens (tertiary/aromatic N) is 1. The van der Waals surface area contributed by atoms with E-state index in [-0.39, 0.29) is 18.4 Å². The third-order valence-corrected chi connectivity index (χ3v) is 4.52. The van der Waals surface area contributed by atoms with Crippen molar-refractivity contribution in [1.29, 1.82) is 0 Å². The second kappa shape index (κ2) is 6.38. The van der Waals surface area contributed by atoms with Gasteiger partial charge in [-0.05, 0) is 49.4 Å². The summed E-state index contributed by atoms with van der Waals surface area (Å²) in [6.45, 7) is 1.40. The first-order valence-electron chi connectivity index (χ1n) is 7.93. The fourth-order valence-corrected chi connectivity index (χ4v) is 3.34. The molecule has 0 aromatic heterocycles. The molecule has 3 rings (SSSR count). The Labute approximate surface area is 129 Å². The summed E-state index contributed by atoms with van der Waals surface area (Å²) < 4.78 is 5.47. The molecule has 0 spiro atoms. The molecule has 22 heavy (non-hydrogen) atoms. The van der Waals surface area contributed by atoms with Gasteiger partial charge < -0.3 is 14.7 Å². The molecule has 2 aliphatic rings. The van der Waals surface area contributed by atoms with Gasteiger partial charge in [0.25, 0.3) is 5.91 Å². The highest BCUT2D eigenvalue weighted by Gasteiger charge is 2.28. The predicted octanol–water partition coefficient (Wildman–Crippen LogP) is 2.48. The van der Waals surface area contributed by atoms with E-state index in [1.165, 1.54) is 0 Å². The molecule has 1 amide bonds. The molecule has 1 aromatic rings. The summed E-state index contributed by atoms with van der Waals surface area (Å²) in [4.78, 5) is 25.5. The van der Waals surface area contributed by atoms with Crippen LogP contribution < -0.4 is 4.74 Å². The molecule has 1 saturated heterocycles. The Morgan fingerprint density at radius 2 is 2.18 bits per heavy atom. The molecule has 1 atom stereocenters. The van der Waals surface area contributed by atoms with Gasteiger partial charge in [-0.1, -0.05) is 0 Å². The van der Waals surface area contributed by atoms with Crippen molar-refractivity contribution in [3.8, 4) is 5.75 Å². The Bertz CT molecular complexity index is 584. The molecular formula is C17H21NO4. The van der Waals surface area contributed by atoms with Crippen LogP contribution in [-0.2, 0) is 11.2 Å². The van der Waals surface area contributed by atoms with Crippen molar-refractivity contribution < 1.29 is 19.4 Å². The normalized spacial score (nSPS) is 20.4. The average molecular weight is 303 g/mol. The van der Waals surface area contributed by atoms with E-state index in [9.17, 15) is 9.59 Å². The zero-order valence-corrected chi connectivity index (χ0v) is 12.6. The van der Waals surface area contributed by atoms with Crippen LogP contribution in [0.4, 0.5) is 0 Å². The molecule has 2 heterocycles. The van der Waals surface area contributed by atoms with Crippen LogP contribution in [0.15, 0.2) is 18.2 Å². The van der Waals surface area contributed by atoms with Crippen molar-refractivity contribution >= 4 is 11.9 Å². The SMILES string of the molecule is O=C(O)CC[C@@H]1CCCCN1C(=O)c1ccc2c(c1)CCO2. The molecule has 1 N–H and O–H groups in total. The van der Waals surface area contributed by atoms with E-state index in [0.29, 0.717) is 18.6 Å². The van der Waals surface area contributed by atoms with Gasteiger partial charge in [0.2, 0.25) is 0 Å². The lowest BCUT2D eigenvalue weighted by molar-refractivity contribution is -0.137. The van der Waals surface area contributed by atoms with E-state index in [4.69, 9.17) is 9.84 Å². The van der Waals surface area contributed by atoms with Crippen LogP contribution in [0.25, 0.3) is 0 Å². The number of piperidine rings is 1. The standard InChI is InChI=1S/C17H21NO4/c19-16(20)7-5-14-3-1-2-9-18(14)17(21)13-4-6-15-12(11-13)8-10-22-15/h4,6,11,14H,1-3,5,7-10H2,(H,19,20)/t14-/m0/s1. The number of carboxylic acids is 1. The second-order valence-corrected chi connectivity index (χ2v) is 6.00. The van der Waals surface area contributed by atoms with Crippen LogP contribution >= 0.6 is 0 Å². The number of amides is 1. The van der Waals surface area contributed by atoms with Gasteiger partial charge in [-0.15, -0.1) is 0 Å². The molecule has 0 bridgehead atoms.